The number of nitrogens with one attached hydrogen (secondary N) is 1. The molecule has 0 amide bonds. The van der Waals surface area contributed by atoms with Crippen molar-refractivity contribution >= 4 is 16.4 Å². The Kier molecular flexibility index (Phi) is 9.67. The Morgan fingerprint density at radius 3 is 2.05 bits per heavy atom. The molecule has 0 atom stereocenters. The Balaban J connectivity index is 0. The average Bonchev–Trinajstić information content (AvgIpc) is 2.22. The maximum Gasteiger partial charge on any atom is 0.397 e. The van der Waals surface area contributed by atoms with Crippen LogP contribution in [0.1, 0.15) is 27.7 Å². The lowest BCUT2D eigenvalue weighted by molar-refractivity contribution is -0.138. The highest BCUT2D eigenvalue weighted by Crippen LogP contribution is 1.97. The van der Waals surface area contributed by atoms with Gasteiger partial charge < -0.3 is 10.1 Å². The van der Waals surface area contributed by atoms with Crippen molar-refractivity contribution in [3.8, 4) is 0 Å². The van der Waals surface area contributed by atoms with Crippen molar-refractivity contribution in [1.82, 2.24) is 5.32 Å². The van der Waals surface area contributed by atoms with Crippen LogP contribution in [-0.2, 0) is 24.1 Å². The third-order valence-electron chi connectivity index (χ3n) is 1.55. The van der Waals surface area contributed by atoms with Crippen LogP contribution in [0.25, 0.3) is 0 Å². The summed E-state index contributed by atoms with van der Waals surface area (Å²) in [4.78, 5) is 10.9. The quantitative estimate of drug-likeness (QED) is 0.337. The molecular weight excluding hydrogens is 274 g/mol. The van der Waals surface area contributed by atoms with Crippen molar-refractivity contribution in [2.75, 3.05) is 20.3 Å². The number of hydrogen-bond donors (Lipinski definition) is 2. The standard InChI is InChI=1S/C10H19NO2.CH4O4S/c1-8(2)9(12)13-7-6-11-10(3,4)5;1-5-6(2,3)4/h11H,1,6-7H2,2-5H3;1H3,(H,2,3,4). The van der Waals surface area contributed by atoms with E-state index in [0.717, 1.165) is 7.11 Å². The highest BCUT2D eigenvalue weighted by molar-refractivity contribution is 7.80. The fourth-order valence-corrected chi connectivity index (χ4v) is 0.693. The van der Waals surface area contributed by atoms with Crippen molar-refractivity contribution in [2.24, 2.45) is 0 Å². The van der Waals surface area contributed by atoms with Gasteiger partial charge in [0.25, 0.3) is 0 Å². The van der Waals surface area contributed by atoms with Crippen molar-refractivity contribution in [1.29, 1.82) is 0 Å². The van der Waals surface area contributed by atoms with Crippen LogP contribution in [0.2, 0.25) is 0 Å². The van der Waals surface area contributed by atoms with Crippen LogP contribution in [0.3, 0.4) is 0 Å². The van der Waals surface area contributed by atoms with Gasteiger partial charge in [-0.2, -0.15) is 8.42 Å². The lowest BCUT2D eigenvalue weighted by atomic mass is 10.1. The minimum atomic E-state index is -4.16. The Morgan fingerprint density at radius 2 is 1.79 bits per heavy atom. The van der Waals surface area contributed by atoms with Gasteiger partial charge in [-0.15, -0.1) is 0 Å². The van der Waals surface area contributed by atoms with Gasteiger partial charge in [0, 0.05) is 17.7 Å². The van der Waals surface area contributed by atoms with Crippen LogP contribution in [0.4, 0.5) is 0 Å². The zero-order valence-electron chi connectivity index (χ0n) is 12.0. The van der Waals surface area contributed by atoms with Gasteiger partial charge in [0.05, 0.1) is 7.11 Å². The van der Waals surface area contributed by atoms with Gasteiger partial charge in [-0.25, -0.2) is 4.79 Å². The molecule has 0 rings (SSSR count). The molecule has 0 heterocycles. The summed E-state index contributed by atoms with van der Waals surface area (Å²) in [5.41, 5.74) is 0.506. The molecule has 114 valence electrons. The Bertz CT molecular complexity index is 382. The van der Waals surface area contributed by atoms with Gasteiger partial charge in [-0.05, 0) is 27.7 Å². The second-order valence-electron chi connectivity index (χ2n) is 4.69. The highest BCUT2D eigenvalue weighted by atomic mass is 32.3. The zero-order chi connectivity index (χ0) is 15.7. The maximum atomic E-state index is 10.9. The summed E-state index contributed by atoms with van der Waals surface area (Å²) >= 11 is 0. The van der Waals surface area contributed by atoms with Gasteiger partial charge in [0.1, 0.15) is 6.61 Å². The van der Waals surface area contributed by atoms with Crippen molar-refractivity contribution < 1.29 is 26.7 Å². The number of carbonyl (C=O) groups excluding carboxylic acids is 1. The maximum absolute atomic E-state index is 10.9. The normalized spacial score (nSPS) is 11.3. The van der Waals surface area contributed by atoms with Gasteiger partial charge >= 0.3 is 16.4 Å². The van der Waals surface area contributed by atoms with E-state index in [1.54, 1.807) is 6.92 Å². The number of carbonyl (C=O) groups is 1. The molecule has 7 nitrogen and oxygen atoms in total. The molecule has 0 unspecified atom stereocenters. The summed E-state index contributed by atoms with van der Waals surface area (Å²) in [5.74, 6) is -0.323. The SMILES string of the molecule is C=C(C)C(=O)OCCNC(C)(C)C.COS(=O)(=O)O. The lowest BCUT2D eigenvalue weighted by Gasteiger charge is -2.20. The molecule has 0 spiro atoms. The second-order valence-corrected chi connectivity index (χ2v) is 5.88. The van der Waals surface area contributed by atoms with Crippen LogP contribution in [-0.4, -0.2) is 44.7 Å². The Morgan fingerprint density at radius 1 is 1.37 bits per heavy atom. The molecule has 0 aromatic carbocycles. The number of ether oxygens (including phenoxy) is 1. The van der Waals surface area contributed by atoms with E-state index in [1.807, 2.05) is 0 Å². The Hall–Kier alpha value is -0.960. The molecule has 19 heavy (non-hydrogen) atoms. The van der Waals surface area contributed by atoms with E-state index in [-0.39, 0.29) is 11.5 Å². The summed E-state index contributed by atoms with van der Waals surface area (Å²) < 4.78 is 34.6. The molecule has 0 aliphatic heterocycles. The van der Waals surface area contributed by atoms with Gasteiger partial charge in [-0.1, -0.05) is 6.58 Å². The van der Waals surface area contributed by atoms with E-state index in [9.17, 15) is 13.2 Å². The van der Waals surface area contributed by atoms with Crippen LogP contribution in [0, 0.1) is 0 Å². The zero-order valence-corrected chi connectivity index (χ0v) is 12.8. The lowest BCUT2D eigenvalue weighted by Crippen LogP contribution is -2.38. The van der Waals surface area contributed by atoms with E-state index in [4.69, 9.17) is 9.29 Å². The molecule has 0 radical (unpaired) electrons. The predicted octanol–water partition coefficient (Wildman–Crippen LogP) is 0.929. The molecule has 0 aliphatic rings. The third-order valence-corrected chi connectivity index (χ3v) is 1.97. The molecule has 0 bridgehead atoms. The summed E-state index contributed by atoms with van der Waals surface area (Å²) in [6.45, 7) is 12.4. The monoisotopic (exact) mass is 297 g/mol. The largest absolute Gasteiger partial charge is 0.461 e. The fourth-order valence-electron chi connectivity index (χ4n) is 0.693. The van der Waals surface area contributed by atoms with Gasteiger partial charge in [0.15, 0.2) is 0 Å². The highest BCUT2D eigenvalue weighted by Gasteiger charge is 2.08. The van der Waals surface area contributed by atoms with Crippen molar-refractivity contribution in [2.45, 2.75) is 33.2 Å². The molecule has 0 saturated carbocycles. The first kappa shape index (κ1) is 20.4. The van der Waals surface area contributed by atoms with E-state index in [1.165, 1.54) is 0 Å². The molecule has 0 saturated heterocycles. The van der Waals surface area contributed by atoms with Crippen molar-refractivity contribution in [3.05, 3.63) is 12.2 Å². The first-order chi connectivity index (χ1) is 8.39. The molecule has 0 aromatic rings. The molecule has 0 aromatic heterocycles. The summed E-state index contributed by atoms with van der Waals surface area (Å²) in [5, 5.41) is 3.21. The smallest absolute Gasteiger partial charge is 0.397 e. The number of rotatable bonds is 5. The second kappa shape index (κ2) is 9.03. The summed E-state index contributed by atoms with van der Waals surface area (Å²) in [7, 11) is -3.29. The van der Waals surface area contributed by atoms with Crippen LogP contribution in [0.15, 0.2) is 12.2 Å². The van der Waals surface area contributed by atoms with Crippen LogP contribution >= 0.6 is 0 Å². The first-order valence-corrected chi connectivity index (χ1v) is 6.86. The molecule has 0 fully saturated rings. The third kappa shape index (κ3) is 19.6. The van der Waals surface area contributed by atoms with Crippen molar-refractivity contribution in [3.63, 3.8) is 0 Å². The summed E-state index contributed by atoms with van der Waals surface area (Å²) in [6.07, 6.45) is 0. The minimum Gasteiger partial charge on any atom is -0.461 e. The molecular formula is C11H23NO6S. The first-order valence-electron chi connectivity index (χ1n) is 5.49. The molecule has 8 heteroatoms. The number of esters is 1. The van der Waals surface area contributed by atoms with E-state index >= 15 is 0 Å². The molecule has 2 N–H and O–H groups in total. The van der Waals surface area contributed by atoms with E-state index < -0.39 is 10.4 Å². The minimum absolute atomic E-state index is 0.0651. The summed E-state index contributed by atoms with van der Waals surface area (Å²) in [6, 6.07) is 0. The number of hydrogen-bond acceptors (Lipinski definition) is 6. The Labute approximate surface area is 114 Å². The topological polar surface area (TPSA) is 102 Å². The van der Waals surface area contributed by atoms with Gasteiger partial charge in [-0.3, -0.25) is 8.74 Å². The van der Waals surface area contributed by atoms with E-state index in [0.29, 0.717) is 18.7 Å². The van der Waals surface area contributed by atoms with Crippen LogP contribution in [0.5, 0.6) is 0 Å². The predicted molar refractivity (Wildman–Crippen MR) is 72.1 cm³/mol. The average molecular weight is 297 g/mol. The molecule has 0 aliphatic carbocycles. The fraction of sp³-hybridized carbons (Fsp3) is 0.727. The van der Waals surface area contributed by atoms with Gasteiger partial charge in [0.2, 0.25) is 0 Å². The van der Waals surface area contributed by atoms with E-state index in [2.05, 4.69) is 36.9 Å². The van der Waals surface area contributed by atoms with Crippen LogP contribution < -0.4 is 5.32 Å².